The largest absolute Gasteiger partial charge is 0.469 e. The number of aryl methyl sites for hydroxylation is 1. The van der Waals surface area contributed by atoms with Gasteiger partial charge in [0.1, 0.15) is 0 Å². The Bertz CT molecular complexity index is 1030. The molecule has 0 aliphatic rings. The molecule has 0 unspecified atom stereocenters. The van der Waals surface area contributed by atoms with Crippen molar-refractivity contribution in [1.82, 2.24) is 9.55 Å². The van der Waals surface area contributed by atoms with Crippen molar-refractivity contribution < 1.29 is 19.2 Å². The number of nitrogens with one attached hydrogen (secondary N) is 1. The van der Waals surface area contributed by atoms with Gasteiger partial charge in [-0.3, -0.25) is 25.0 Å². The minimum Gasteiger partial charge on any atom is -0.469 e. The molecule has 0 saturated heterocycles. The van der Waals surface area contributed by atoms with Crippen LogP contribution in [0.25, 0.3) is 11.0 Å². The van der Waals surface area contributed by atoms with Crippen LogP contribution < -0.4 is 5.32 Å². The molecule has 0 aliphatic heterocycles. The second-order valence-corrected chi connectivity index (χ2v) is 5.66. The zero-order valence-electron chi connectivity index (χ0n) is 14.4. The minimum atomic E-state index is -0.567. The third kappa shape index (κ3) is 3.92. The second kappa shape index (κ2) is 7.65. The highest BCUT2D eigenvalue weighted by molar-refractivity contribution is 6.04. The first-order valence-electron chi connectivity index (χ1n) is 8.07. The molecule has 0 fully saturated rings. The van der Waals surface area contributed by atoms with Crippen LogP contribution in [-0.4, -0.2) is 33.5 Å². The molecule has 138 valence electrons. The highest BCUT2D eigenvalue weighted by Crippen LogP contribution is 2.21. The van der Waals surface area contributed by atoms with Gasteiger partial charge in [0.15, 0.2) is 0 Å². The number of carbonyl (C=O) groups is 2. The van der Waals surface area contributed by atoms with Gasteiger partial charge in [-0.05, 0) is 18.2 Å². The summed E-state index contributed by atoms with van der Waals surface area (Å²) in [7, 11) is 1.30. The fourth-order valence-corrected chi connectivity index (χ4v) is 2.64. The van der Waals surface area contributed by atoms with Crippen molar-refractivity contribution in [3.05, 3.63) is 64.2 Å². The van der Waals surface area contributed by atoms with E-state index < -0.39 is 10.8 Å². The molecular formula is C18H16N4O5. The van der Waals surface area contributed by atoms with Gasteiger partial charge in [0, 0.05) is 24.2 Å². The number of hydrogen-bond donors (Lipinski definition) is 1. The number of nitro benzene ring substituents is 1. The Morgan fingerprint density at radius 2 is 2.00 bits per heavy atom. The van der Waals surface area contributed by atoms with E-state index in [1.807, 2.05) is 18.2 Å². The number of amides is 1. The smallest absolute Gasteiger partial charge is 0.307 e. The van der Waals surface area contributed by atoms with Crippen LogP contribution >= 0.6 is 0 Å². The second-order valence-electron chi connectivity index (χ2n) is 5.66. The fraction of sp³-hybridized carbons (Fsp3) is 0.167. The van der Waals surface area contributed by atoms with Gasteiger partial charge in [-0.15, -0.1) is 0 Å². The molecule has 0 radical (unpaired) electrons. The molecule has 1 amide bonds. The first-order valence-corrected chi connectivity index (χ1v) is 8.07. The molecule has 1 N–H and O–H groups in total. The average molecular weight is 368 g/mol. The van der Waals surface area contributed by atoms with Crippen molar-refractivity contribution in [2.45, 2.75) is 13.0 Å². The van der Waals surface area contributed by atoms with Gasteiger partial charge in [0.2, 0.25) is 5.95 Å². The number of nitrogens with zero attached hydrogens (tertiary/aromatic N) is 3. The van der Waals surface area contributed by atoms with Gasteiger partial charge >= 0.3 is 5.97 Å². The number of esters is 1. The lowest BCUT2D eigenvalue weighted by atomic mass is 10.2. The topological polar surface area (TPSA) is 116 Å². The van der Waals surface area contributed by atoms with Gasteiger partial charge in [-0.1, -0.05) is 18.2 Å². The van der Waals surface area contributed by atoms with Crippen LogP contribution in [0.5, 0.6) is 0 Å². The van der Waals surface area contributed by atoms with E-state index >= 15 is 0 Å². The van der Waals surface area contributed by atoms with E-state index in [0.717, 1.165) is 5.52 Å². The number of hydrogen-bond acceptors (Lipinski definition) is 6. The number of non-ortho nitro benzene ring substituents is 1. The predicted octanol–water partition coefficient (Wildman–Crippen LogP) is 2.76. The first kappa shape index (κ1) is 18.1. The number of benzene rings is 2. The van der Waals surface area contributed by atoms with Gasteiger partial charge in [0.05, 0.1) is 29.5 Å². The number of nitro groups is 1. The van der Waals surface area contributed by atoms with Gasteiger partial charge in [0.25, 0.3) is 11.6 Å². The van der Waals surface area contributed by atoms with Crippen LogP contribution in [0.15, 0.2) is 48.5 Å². The van der Waals surface area contributed by atoms with Crippen molar-refractivity contribution in [2.75, 3.05) is 12.4 Å². The molecule has 9 nitrogen and oxygen atoms in total. The summed E-state index contributed by atoms with van der Waals surface area (Å²) in [4.78, 5) is 38.7. The third-order valence-electron chi connectivity index (χ3n) is 3.97. The molecule has 0 spiro atoms. The molecule has 3 rings (SSSR count). The maximum Gasteiger partial charge on any atom is 0.307 e. The zero-order valence-corrected chi connectivity index (χ0v) is 14.4. The maximum absolute atomic E-state index is 12.5. The van der Waals surface area contributed by atoms with Crippen LogP contribution in [-0.2, 0) is 16.1 Å². The number of fused-ring (bicyclic) bond motifs is 1. The number of carbonyl (C=O) groups excluding carboxylic acids is 2. The summed E-state index contributed by atoms with van der Waals surface area (Å²) < 4.78 is 6.36. The molecule has 3 aromatic rings. The van der Waals surface area contributed by atoms with Crippen molar-refractivity contribution in [1.29, 1.82) is 0 Å². The van der Waals surface area contributed by atoms with E-state index in [4.69, 9.17) is 0 Å². The number of anilines is 1. The molecule has 1 heterocycles. The summed E-state index contributed by atoms with van der Waals surface area (Å²) in [5.41, 5.74) is 1.35. The Morgan fingerprint density at radius 1 is 1.22 bits per heavy atom. The predicted molar refractivity (Wildman–Crippen MR) is 97.4 cm³/mol. The zero-order chi connectivity index (χ0) is 19.4. The van der Waals surface area contributed by atoms with Crippen LogP contribution in [0.2, 0.25) is 0 Å². The Labute approximate surface area is 153 Å². The van der Waals surface area contributed by atoms with Crippen LogP contribution in [0.1, 0.15) is 16.8 Å². The number of ether oxygens (including phenoxy) is 1. The lowest BCUT2D eigenvalue weighted by Gasteiger charge is -2.09. The molecule has 2 aromatic carbocycles. The fourth-order valence-electron chi connectivity index (χ4n) is 2.64. The third-order valence-corrected chi connectivity index (χ3v) is 3.97. The van der Waals surface area contributed by atoms with E-state index in [2.05, 4.69) is 15.0 Å². The SMILES string of the molecule is COC(=O)CCn1c(NC(=O)c2cccc([N+](=O)[O-])c2)nc2ccccc21. The van der Waals surface area contributed by atoms with Gasteiger partial charge in [-0.25, -0.2) is 4.98 Å². The first-order chi connectivity index (χ1) is 13.0. The van der Waals surface area contributed by atoms with E-state index in [0.29, 0.717) is 5.52 Å². The summed E-state index contributed by atoms with van der Waals surface area (Å²) >= 11 is 0. The normalized spacial score (nSPS) is 10.6. The van der Waals surface area contributed by atoms with E-state index in [1.165, 1.54) is 31.4 Å². The molecule has 9 heteroatoms. The molecule has 0 aliphatic carbocycles. The summed E-state index contributed by atoms with van der Waals surface area (Å²) in [6.07, 6.45) is 0.108. The summed E-state index contributed by atoms with van der Waals surface area (Å²) in [6, 6.07) is 12.7. The Balaban J connectivity index is 1.91. The van der Waals surface area contributed by atoms with Crippen molar-refractivity contribution in [3.63, 3.8) is 0 Å². The monoisotopic (exact) mass is 368 g/mol. The Morgan fingerprint density at radius 3 is 2.74 bits per heavy atom. The average Bonchev–Trinajstić information content (AvgIpc) is 3.03. The standard InChI is InChI=1S/C18H16N4O5/c1-27-16(23)9-10-21-15-8-3-2-7-14(15)19-18(21)20-17(24)12-5-4-6-13(11-12)22(25)26/h2-8,11H,9-10H2,1H3,(H,19,20,24). The number of rotatable bonds is 6. The van der Waals surface area contributed by atoms with Crippen LogP contribution in [0, 0.1) is 10.1 Å². The Hall–Kier alpha value is -3.75. The van der Waals surface area contributed by atoms with Crippen molar-refractivity contribution >= 4 is 34.5 Å². The van der Waals surface area contributed by atoms with E-state index in [1.54, 1.807) is 10.6 Å². The number of imidazole rings is 1. The maximum atomic E-state index is 12.5. The molecule has 0 bridgehead atoms. The molecule has 0 atom stereocenters. The summed E-state index contributed by atoms with van der Waals surface area (Å²) in [5, 5.41) is 13.6. The molecule has 1 aromatic heterocycles. The van der Waals surface area contributed by atoms with Crippen molar-refractivity contribution in [2.24, 2.45) is 0 Å². The van der Waals surface area contributed by atoms with E-state index in [-0.39, 0.29) is 36.1 Å². The highest BCUT2D eigenvalue weighted by atomic mass is 16.6. The number of aromatic nitrogens is 2. The summed E-state index contributed by atoms with van der Waals surface area (Å²) in [6.45, 7) is 0.262. The molecule has 27 heavy (non-hydrogen) atoms. The van der Waals surface area contributed by atoms with Crippen molar-refractivity contribution in [3.8, 4) is 0 Å². The van der Waals surface area contributed by atoms with Crippen LogP contribution in [0.4, 0.5) is 11.6 Å². The number of para-hydroxylation sites is 2. The highest BCUT2D eigenvalue weighted by Gasteiger charge is 2.17. The Kier molecular flexibility index (Phi) is 5.11. The molecular weight excluding hydrogens is 352 g/mol. The van der Waals surface area contributed by atoms with Crippen LogP contribution in [0.3, 0.4) is 0 Å². The van der Waals surface area contributed by atoms with Gasteiger partial charge < -0.3 is 9.30 Å². The van der Waals surface area contributed by atoms with E-state index in [9.17, 15) is 19.7 Å². The lowest BCUT2D eigenvalue weighted by molar-refractivity contribution is -0.384. The lowest BCUT2D eigenvalue weighted by Crippen LogP contribution is -2.17. The number of methoxy groups -OCH3 is 1. The summed E-state index contributed by atoms with van der Waals surface area (Å²) in [5.74, 6) is -0.673. The van der Waals surface area contributed by atoms with Gasteiger partial charge in [-0.2, -0.15) is 0 Å². The molecule has 0 saturated carbocycles. The minimum absolute atomic E-state index is 0.108. The quantitative estimate of drug-likeness (QED) is 0.406.